The summed E-state index contributed by atoms with van der Waals surface area (Å²) < 4.78 is 1.91. The smallest absolute Gasteiger partial charge is 0.270 e. The Labute approximate surface area is 133 Å². The maximum atomic E-state index is 10.9. The molecule has 8 nitrogen and oxygen atoms in total. The molecule has 1 aliphatic heterocycles. The number of anilines is 1. The highest BCUT2D eigenvalue weighted by atomic mass is 16.6. The Morgan fingerprint density at radius 1 is 1.48 bits per heavy atom. The van der Waals surface area contributed by atoms with Gasteiger partial charge in [0.15, 0.2) is 0 Å². The lowest BCUT2D eigenvalue weighted by Crippen LogP contribution is -2.35. The predicted molar refractivity (Wildman–Crippen MR) is 83.0 cm³/mol. The molecule has 1 saturated heterocycles. The van der Waals surface area contributed by atoms with Crippen LogP contribution in [0.1, 0.15) is 30.1 Å². The van der Waals surface area contributed by atoms with Crippen LogP contribution in [0.5, 0.6) is 0 Å². The summed E-state index contributed by atoms with van der Waals surface area (Å²) >= 11 is 0. The molecule has 1 fully saturated rings. The van der Waals surface area contributed by atoms with Crippen LogP contribution in [0, 0.1) is 21.4 Å². The maximum Gasteiger partial charge on any atom is 0.270 e. The van der Waals surface area contributed by atoms with Crippen molar-refractivity contribution in [3.05, 3.63) is 46.0 Å². The van der Waals surface area contributed by atoms with E-state index in [0.717, 1.165) is 37.4 Å². The summed E-state index contributed by atoms with van der Waals surface area (Å²) in [6, 6.07) is 6.51. The summed E-state index contributed by atoms with van der Waals surface area (Å²) in [6.45, 7) is 1.54. The Hall–Kier alpha value is -2.95. The molecule has 1 aliphatic rings. The Morgan fingerprint density at radius 3 is 2.96 bits per heavy atom. The van der Waals surface area contributed by atoms with Gasteiger partial charge in [0, 0.05) is 38.2 Å². The van der Waals surface area contributed by atoms with Crippen molar-refractivity contribution in [2.24, 2.45) is 7.05 Å². The van der Waals surface area contributed by atoms with Gasteiger partial charge in [-0.25, -0.2) is 0 Å². The van der Waals surface area contributed by atoms with Gasteiger partial charge >= 0.3 is 0 Å². The van der Waals surface area contributed by atoms with Crippen molar-refractivity contribution < 1.29 is 4.92 Å². The molecule has 0 aliphatic carbocycles. The zero-order valence-electron chi connectivity index (χ0n) is 12.7. The monoisotopic (exact) mass is 312 g/mol. The number of benzene rings is 1. The van der Waals surface area contributed by atoms with Gasteiger partial charge in [0.25, 0.3) is 5.69 Å². The second-order valence-corrected chi connectivity index (χ2v) is 5.66. The van der Waals surface area contributed by atoms with Gasteiger partial charge in [0.2, 0.25) is 0 Å². The van der Waals surface area contributed by atoms with Gasteiger partial charge in [-0.1, -0.05) is 0 Å². The average Bonchev–Trinajstić information content (AvgIpc) is 3.00. The van der Waals surface area contributed by atoms with Crippen molar-refractivity contribution in [1.82, 2.24) is 14.8 Å². The number of hydrogen-bond donors (Lipinski definition) is 0. The summed E-state index contributed by atoms with van der Waals surface area (Å²) in [6.07, 6.45) is 3.66. The van der Waals surface area contributed by atoms with Crippen LogP contribution >= 0.6 is 0 Å². The highest BCUT2D eigenvalue weighted by Gasteiger charge is 2.26. The summed E-state index contributed by atoms with van der Waals surface area (Å²) in [5, 5.41) is 28.3. The molecule has 2 heterocycles. The van der Waals surface area contributed by atoms with E-state index in [1.54, 1.807) is 12.4 Å². The minimum atomic E-state index is -0.483. The van der Waals surface area contributed by atoms with Gasteiger partial charge in [-0.15, -0.1) is 10.2 Å². The van der Waals surface area contributed by atoms with Crippen molar-refractivity contribution in [2.75, 3.05) is 18.0 Å². The van der Waals surface area contributed by atoms with E-state index in [4.69, 9.17) is 0 Å². The summed E-state index contributed by atoms with van der Waals surface area (Å²) in [4.78, 5) is 12.5. The van der Waals surface area contributed by atoms with Crippen LogP contribution in [0.25, 0.3) is 0 Å². The molecular weight excluding hydrogens is 296 g/mol. The first-order valence-electron chi connectivity index (χ1n) is 7.37. The van der Waals surface area contributed by atoms with E-state index in [0.29, 0.717) is 5.56 Å². The molecule has 0 N–H and O–H groups in total. The average molecular weight is 312 g/mol. The van der Waals surface area contributed by atoms with Crippen molar-refractivity contribution in [3.8, 4) is 6.07 Å². The Balaban J connectivity index is 1.88. The SMILES string of the molecule is Cn1cnnc1C1CCCN(c2ccc([N+](=O)[O-])cc2C#N)C1. The number of hydrogen-bond acceptors (Lipinski definition) is 6. The molecule has 1 aromatic heterocycles. The van der Waals surface area contributed by atoms with Crippen LogP contribution < -0.4 is 4.90 Å². The van der Waals surface area contributed by atoms with Crippen LogP contribution in [0.3, 0.4) is 0 Å². The molecule has 0 spiro atoms. The third kappa shape index (κ3) is 2.85. The third-order valence-electron chi connectivity index (χ3n) is 4.19. The molecule has 0 amide bonds. The summed E-state index contributed by atoms with van der Waals surface area (Å²) in [5.74, 6) is 1.16. The van der Waals surface area contributed by atoms with Gasteiger partial charge < -0.3 is 9.47 Å². The molecule has 118 valence electrons. The minimum Gasteiger partial charge on any atom is -0.370 e. The molecule has 0 radical (unpaired) electrons. The van der Waals surface area contributed by atoms with Crippen molar-refractivity contribution >= 4 is 11.4 Å². The van der Waals surface area contributed by atoms with Gasteiger partial charge in [-0.3, -0.25) is 10.1 Å². The Bertz CT molecular complexity index is 779. The predicted octanol–water partition coefficient (Wildman–Crippen LogP) is 1.98. The Morgan fingerprint density at radius 2 is 2.30 bits per heavy atom. The van der Waals surface area contributed by atoms with Crippen molar-refractivity contribution in [1.29, 1.82) is 5.26 Å². The lowest BCUT2D eigenvalue weighted by Gasteiger charge is -2.34. The largest absolute Gasteiger partial charge is 0.370 e. The van der Waals surface area contributed by atoms with Gasteiger partial charge in [-0.05, 0) is 18.9 Å². The molecule has 1 unspecified atom stereocenters. The molecule has 1 atom stereocenters. The maximum absolute atomic E-state index is 10.9. The summed E-state index contributed by atoms with van der Waals surface area (Å²) in [5.41, 5.74) is 1.01. The van der Waals surface area contributed by atoms with Crippen LogP contribution in [0.4, 0.5) is 11.4 Å². The lowest BCUT2D eigenvalue weighted by atomic mass is 9.96. The highest BCUT2D eigenvalue weighted by Crippen LogP contribution is 2.32. The number of piperidine rings is 1. The number of nitriles is 1. The van der Waals surface area contributed by atoms with Crippen molar-refractivity contribution in [3.63, 3.8) is 0 Å². The molecule has 1 aromatic carbocycles. The second-order valence-electron chi connectivity index (χ2n) is 5.66. The van der Waals surface area contributed by atoms with Crippen LogP contribution in [-0.4, -0.2) is 32.8 Å². The standard InChI is InChI=1S/C15H16N6O2/c1-19-10-17-18-15(19)11-3-2-6-20(9-11)14-5-4-13(21(22)23)7-12(14)8-16/h4-5,7,10-11H,2-3,6,9H2,1H3. The molecular formula is C15H16N6O2. The van der Waals surface area contributed by atoms with E-state index in [9.17, 15) is 15.4 Å². The highest BCUT2D eigenvalue weighted by molar-refractivity contribution is 5.63. The van der Waals surface area contributed by atoms with Crippen LogP contribution in [0.2, 0.25) is 0 Å². The fourth-order valence-corrected chi connectivity index (χ4v) is 3.07. The van der Waals surface area contributed by atoms with E-state index in [-0.39, 0.29) is 11.6 Å². The number of aromatic nitrogens is 3. The number of non-ortho nitro benzene ring substituents is 1. The zero-order chi connectivity index (χ0) is 16.4. The van der Waals surface area contributed by atoms with Gasteiger partial charge in [0.05, 0.1) is 16.2 Å². The first-order chi connectivity index (χ1) is 11.1. The van der Waals surface area contributed by atoms with E-state index < -0.39 is 4.92 Å². The number of nitro groups is 1. The van der Waals surface area contributed by atoms with Gasteiger partial charge in [0.1, 0.15) is 18.2 Å². The quantitative estimate of drug-likeness (QED) is 0.634. The number of nitro benzene ring substituents is 1. The molecule has 2 aromatic rings. The molecule has 8 heteroatoms. The zero-order valence-corrected chi connectivity index (χ0v) is 12.7. The topological polar surface area (TPSA) is 101 Å². The summed E-state index contributed by atoms with van der Waals surface area (Å²) in [7, 11) is 1.92. The fraction of sp³-hybridized carbons (Fsp3) is 0.400. The molecule has 0 saturated carbocycles. The van der Waals surface area contributed by atoms with E-state index in [1.807, 2.05) is 11.6 Å². The minimum absolute atomic E-state index is 0.0628. The van der Waals surface area contributed by atoms with E-state index >= 15 is 0 Å². The molecule has 23 heavy (non-hydrogen) atoms. The van der Waals surface area contributed by atoms with Crippen molar-refractivity contribution in [2.45, 2.75) is 18.8 Å². The van der Waals surface area contributed by atoms with E-state index in [2.05, 4.69) is 21.2 Å². The number of aryl methyl sites for hydroxylation is 1. The van der Waals surface area contributed by atoms with Crippen LogP contribution in [-0.2, 0) is 7.05 Å². The molecule has 3 rings (SSSR count). The molecule has 0 bridgehead atoms. The Kier molecular flexibility index (Phi) is 3.93. The number of rotatable bonds is 3. The normalized spacial score (nSPS) is 17.7. The van der Waals surface area contributed by atoms with Crippen LogP contribution in [0.15, 0.2) is 24.5 Å². The first-order valence-corrected chi connectivity index (χ1v) is 7.37. The third-order valence-corrected chi connectivity index (χ3v) is 4.19. The first kappa shape index (κ1) is 15.0. The second kappa shape index (κ2) is 6.04. The van der Waals surface area contributed by atoms with Gasteiger partial charge in [-0.2, -0.15) is 5.26 Å². The fourth-order valence-electron chi connectivity index (χ4n) is 3.07. The number of nitrogens with zero attached hydrogens (tertiary/aromatic N) is 6. The van der Waals surface area contributed by atoms with E-state index in [1.165, 1.54) is 12.1 Å². The lowest BCUT2D eigenvalue weighted by molar-refractivity contribution is -0.384.